The first-order valence-electron chi connectivity index (χ1n) is 8.96. The highest BCUT2D eigenvalue weighted by Crippen LogP contribution is 2.32. The van der Waals surface area contributed by atoms with E-state index in [2.05, 4.69) is 0 Å². The number of sulfonamides is 1. The topological polar surface area (TPSA) is 101 Å². The fraction of sp³-hybridized carbons (Fsp3) is 0.143. The highest BCUT2D eigenvalue weighted by Gasteiger charge is 2.31. The first-order chi connectivity index (χ1) is 14.2. The quantitative estimate of drug-likeness (QED) is 0.451. The van der Waals surface area contributed by atoms with Gasteiger partial charge in [0.2, 0.25) is 0 Å². The van der Waals surface area contributed by atoms with Gasteiger partial charge in [0.05, 0.1) is 28.2 Å². The standard InChI is InChI=1S/C21H19FN2O5S/c1-15-7-10-18(11-8-15)30(28,29)23(14-21(25)16-5-3-2-4-6-16)20-13-17(24(26)27)9-12-19(20)22/h2-13,21,25H,14H2,1H3. The lowest BCUT2D eigenvalue weighted by atomic mass is 10.1. The molecule has 0 saturated carbocycles. The molecule has 3 aromatic rings. The number of non-ortho nitro benzene ring substituents is 1. The highest BCUT2D eigenvalue weighted by atomic mass is 32.2. The van der Waals surface area contributed by atoms with Crippen LogP contribution in [-0.2, 0) is 10.0 Å². The number of nitrogens with zero attached hydrogens (tertiary/aromatic N) is 2. The van der Waals surface area contributed by atoms with Crippen LogP contribution in [-0.4, -0.2) is 25.0 Å². The number of benzene rings is 3. The van der Waals surface area contributed by atoms with Crippen LogP contribution in [0.15, 0.2) is 77.7 Å². The lowest BCUT2D eigenvalue weighted by Crippen LogP contribution is -2.35. The zero-order chi connectivity index (χ0) is 21.9. The van der Waals surface area contributed by atoms with E-state index in [9.17, 15) is 28.0 Å². The van der Waals surface area contributed by atoms with Crippen LogP contribution in [0.5, 0.6) is 0 Å². The van der Waals surface area contributed by atoms with Crippen molar-refractivity contribution in [3.8, 4) is 0 Å². The van der Waals surface area contributed by atoms with Gasteiger partial charge in [-0.3, -0.25) is 14.4 Å². The number of hydrogen-bond donors (Lipinski definition) is 1. The van der Waals surface area contributed by atoms with Crippen molar-refractivity contribution in [3.05, 3.63) is 99.9 Å². The molecule has 156 valence electrons. The Hall–Kier alpha value is -3.30. The second kappa shape index (κ2) is 8.60. The van der Waals surface area contributed by atoms with Crippen molar-refractivity contribution in [3.63, 3.8) is 0 Å². The van der Waals surface area contributed by atoms with Gasteiger partial charge in [-0.05, 0) is 30.7 Å². The smallest absolute Gasteiger partial charge is 0.271 e. The van der Waals surface area contributed by atoms with E-state index in [1.807, 2.05) is 0 Å². The van der Waals surface area contributed by atoms with Gasteiger partial charge >= 0.3 is 0 Å². The van der Waals surface area contributed by atoms with Crippen molar-refractivity contribution in [2.75, 3.05) is 10.8 Å². The maximum absolute atomic E-state index is 14.6. The first-order valence-corrected chi connectivity index (χ1v) is 10.4. The number of anilines is 1. The highest BCUT2D eigenvalue weighted by molar-refractivity contribution is 7.92. The molecule has 0 aliphatic rings. The third kappa shape index (κ3) is 4.47. The number of aliphatic hydroxyl groups excluding tert-OH is 1. The largest absolute Gasteiger partial charge is 0.387 e. The minimum atomic E-state index is -4.33. The third-order valence-corrected chi connectivity index (χ3v) is 6.34. The molecule has 1 N–H and O–H groups in total. The van der Waals surface area contributed by atoms with Gasteiger partial charge < -0.3 is 5.11 Å². The van der Waals surface area contributed by atoms with Crippen molar-refractivity contribution in [2.45, 2.75) is 17.9 Å². The molecule has 0 spiro atoms. The summed E-state index contributed by atoms with van der Waals surface area (Å²) in [6.07, 6.45) is -1.29. The number of hydrogen-bond acceptors (Lipinski definition) is 5. The van der Waals surface area contributed by atoms with Crippen LogP contribution in [0.25, 0.3) is 0 Å². The van der Waals surface area contributed by atoms with E-state index in [1.54, 1.807) is 49.4 Å². The lowest BCUT2D eigenvalue weighted by Gasteiger charge is -2.27. The summed E-state index contributed by atoms with van der Waals surface area (Å²) in [7, 11) is -4.33. The number of aliphatic hydroxyl groups is 1. The molecule has 1 atom stereocenters. The van der Waals surface area contributed by atoms with Gasteiger partial charge in [0.15, 0.2) is 0 Å². The average molecular weight is 430 g/mol. The molecule has 3 aromatic carbocycles. The van der Waals surface area contributed by atoms with Gasteiger partial charge in [-0.2, -0.15) is 0 Å². The summed E-state index contributed by atoms with van der Waals surface area (Å²) in [6, 6.07) is 16.8. The van der Waals surface area contributed by atoms with E-state index in [0.717, 1.165) is 23.8 Å². The van der Waals surface area contributed by atoms with E-state index in [0.29, 0.717) is 9.87 Å². The van der Waals surface area contributed by atoms with Gasteiger partial charge in [-0.15, -0.1) is 0 Å². The van der Waals surface area contributed by atoms with Gasteiger partial charge in [0, 0.05) is 12.1 Å². The molecule has 0 aliphatic heterocycles. The molecule has 0 saturated heterocycles. The first kappa shape index (κ1) is 21.4. The van der Waals surface area contributed by atoms with Gasteiger partial charge in [0.25, 0.3) is 15.7 Å². The second-order valence-corrected chi connectivity index (χ2v) is 8.53. The van der Waals surface area contributed by atoms with Crippen molar-refractivity contribution in [1.29, 1.82) is 0 Å². The van der Waals surface area contributed by atoms with Crippen LogP contribution in [0.2, 0.25) is 0 Å². The van der Waals surface area contributed by atoms with E-state index < -0.39 is 44.8 Å². The molecule has 0 fully saturated rings. The molecular weight excluding hydrogens is 411 g/mol. The molecule has 0 aliphatic carbocycles. The Morgan fingerprint density at radius 1 is 1.07 bits per heavy atom. The zero-order valence-electron chi connectivity index (χ0n) is 16.0. The summed E-state index contributed by atoms with van der Waals surface area (Å²) >= 11 is 0. The summed E-state index contributed by atoms with van der Waals surface area (Å²) in [5, 5.41) is 21.8. The maximum Gasteiger partial charge on any atom is 0.271 e. The molecule has 9 heteroatoms. The molecule has 0 bridgehead atoms. The SMILES string of the molecule is Cc1ccc(S(=O)(=O)N(CC(O)c2ccccc2)c2cc([N+](=O)[O-])ccc2F)cc1. The van der Waals surface area contributed by atoms with Crippen molar-refractivity contribution in [1.82, 2.24) is 0 Å². The zero-order valence-corrected chi connectivity index (χ0v) is 16.8. The van der Waals surface area contributed by atoms with E-state index >= 15 is 0 Å². The van der Waals surface area contributed by atoms with E-state index in [4.69, 9.17) is 0 Å². The maximum atomic E-state index is 14.6. The van der Waals surface area contributed by atoms with Crippen molar-refractivity contribution < 1.29 is 22.8 Å². The number of nitro groups is 1. The Morgan fingerprint density at radius 3 is 2.30 bits per heavy atom. The van der Waals surface area contributed by atoms with Gasteiger partial charge in [0.1, 0.15) is 5.82 Å². The Balaban J connectivity index is 2.13. The Kier molecular flexibility index (Phi) is 6.14. The van der Waals surface area contributed by atoms with Crippen molar-refractivity contribution in [2.24, 2.45) is 0 Å². The Labute approximate surface area is 173 Å². The van der Waals surface area contributed by atoms with Crippen molar-refractivity contribution >= 4 is 21.4 Å². The van der Waals surface area contributed by atoms with E-state index in [1.165, 1.54) is 12.1 Å². The second-order valence-electron chi connectivity index (χ2n) is 6.67. The molecule has 1 unspecified atom stereocenters. The van der Waals surface area contributed by atoms with Gasteiger partial charge in [-0.25, -0.2) is 12.8 Å². The molecule has 0 aromatic heterocycles. The van der Waals surface area contributed by atoms with Crippen LogP contribution in [0.1, 0.15) is 17.2 Å². The normalized spacial score (nSPS) is 12.4. The number of halogens is 1. The summed E-state index contributed by atoms with van der Waals surface area (Å²) < 4.78 is 41.9. The molecular formula is C21H19FN2O5S. The minimum absolute atomic E-state index is 0.126. The summed E-state index contributed by atoms with van der Waals surface area (Å²) in [4.78, 5) is 10.3. The number of nitro benzene ring substituents is 1. The number of aryl methyl sites for hydroxylation is 1. The Morgan fingerprint density at radius 2 is 1.70 bits per heavy atom. The molecule has 3 rings (SSSR count). The predicted octanol–water partition coefficient (Wildman–Crippen LogP) is 3.97. The lowest BCUT2D eigenvalue weighted by molar-refractivity contribution is -0.384. The number of rotatable bonds is 7. The molecule has 30 heavy (non-hydrogen) atoms. The Bertz CT molecular complexity index is 1150. The monoisotopic (exact) mass is 430 g/mol. The molecule has 0 radical (unpaired) electrons. The molecule has 7 nitrogen and oxygen atoms in total. The van der Waals surface area contributed by atoms with Crippen LogP contribution >= 0.6 is 0 Å². The van der Waals surface area contributed by atoms with Crippen LogP contribution in [0, 0.1) is 22.9 Å². The fourth-order valence-electron chi connectivity index (χ4n) is 2.91. The third-order valence-electron chi connectivity index (χ3n) is 4.54. The minimum Gasteiger partial charge on any atom is -0.387 e. The summed E-state index contributed by atoms with van der Waals surface area (Å²) in [5.41, 5.74) is 0.267. The predicted molar refractivity (Wildman–Crippen MR) is 110 cm³/mol. The summed E-state index contributed by atoms with van der Waals surface area (Å²) in [6.45, 7) is 1.26. The average Bonchev–Trinajstić information content (AvgIpc) is 2.73. The summed E-state index contributed by atoms with van der Waals surface area (Å²) in [5.74, 6) is -0.962. The van der Waals surface area contributed by atoms with E-state index in [-0.39, 0.29) is 4.90 Å². The van der Waals surface area contributed by atoms with Crippen LogP contribution < -0.4 is 4.31 Å². The van der Waals surface area contributed by atoms with Crippen LogP contribution in [0.4, 0.5) is 15.8 Å². The fourth-order valence-corrected chi connectivity index (χ4v) is 4.38. The molecule has 0 amide bonds. The van der Waals surface area contributed by atoms with Gasteiger partial charge in [-0.1, -0.05) is 48.0 Å². The molecule has 0 heterocycles. The van der Waals surface area contributed by atoms with Crippen LogP contribution in [0.3, 0.4) is 0 Å².